The Bertz CT molecular complexity index is 594. The molecule has 2 rings (SSSR count). The molecule has 0 bridgehead atoms. The lowest BCUT2D eigenvalue weighted by atomic mass is 9.96. The van der Waals surface area contributed by atoms with Crippen molar-refractivity contribution in [1.82, 2.24) is 10.3 Å². The maximum absolute atomic E-state index is 4.75. The van der Waals surface area contributed by atoms with Crippen LogP contribution in [0.4, 0.5) is 0 Å². The Hall–Kier alpha value is -1.19. The van der Waals surface area contributed by atoms with E-state index in [4.69, 9.17) is 4.98 Å². The van der Waals surface area contributed by atoms with Crippen LogP contribution in [0.25, 0.3) is 0 Å². The molecule has 0 saturated carbocycles. The molecule has 0 aliphatic rings. The molecule has 1 aromatic carbocycles. The average molecular weight is 288 g/mol. The molecule has 20 heavy (non-hydrogen) atoms. The molecule has 2 aromatic rings. The van der Waals surface area contributed by atoms with Crippen molar-refractivity contribution in [3.05, 3.63) is 50.0 Å². The smallest absolute Gasteiger partial charge is 0.115 e. The van der Waals surface area contributed by atoms with Crippen LogP contribution in [0.3, 0.4) is 0 Å². The van der Waals surface area contributed by atoms with Crippen LogP contribution in [-0.2, 0) is 0 Å². The van der Waals surface area contributed by atoms with Gasteiger partial charge in [-0.15, -0.1) is 11.3 Å². The Balaban J connectivity index is 2.50. The number of aromatic nitrogens is 1. The minimum Gasteiger partial charge on any atom is -0.305 e. The minimum atomic E-state index is 0.205. The number of benzene rings is 1. The maximum atomic E-state index is 4.75. The number of rotatable bonds is 4. The first kappa shape index (κ1) is 15.2. The molecule has 0 aliphatic carbocycles. The van der Waals surface area contributed by atoms with Crippen LogP contribution in [0, 0.1) is 34.6 Å². The van der Waals surface area contributed by atoms with E-state index in [1.165, 1.54) is 32.1 Å². The lowest BCUT2D eigenvalue weighted by Crippen LogP contribution is -2.23. The third-order valence-electron chi connectivity index (χ3n) is 3.89. The third kappa shape index (κ3) is 2.94. The van der Waals surface area contributed by atoms with E-state index in [0.717, 1.165) is 12.2 Å². The van der Waals surface area contributed by atoms with Gasteiger partial charge in [-0.2, -0.15) is 0 Å². The molecule has 1 unspecified atom stereocenters. The van der Waals surface area contributed by atoms with Crippen molar-refractivity contribution in [2.24, 2.45) is 0 Å². The third-order valence-corrected chi connectivity index (χ3v) is 5.03. The molecular formula is C17H24N2S. The van der Waals surface area contributed by atoms with Gasteiger partial charge in [-0.25, -0.2) is 4.98 Å². The predicted molar refractivity (Wildman–Crippen MR) is 87.8 cm³/mol. The van der Waals surface area contributed by atoms with Crippen LogP contribution in [0.5, 0.6) is 0 Å². The van der Waals surface area contributed by atoms with Gasteiger partial charge in [0.2, 0.25) is 0 Å². The first-order chi connectivity index (χ1) is 9.43. The molecule has 0 fully saturated rings. The van der Waals surface area contributed by atoms with Crippen molar-refractivity contribution in [2.45, 2.75) is 47.6 Å². The van der Waals surface area contributed by atoms with Gasteiger partial charge in [-0.1, -0.05) is 19.1 Å². The Morgan fingerprint density at radius 1 is 1.05 bits per heavy atom. The molecule has 0 spiro atoms. The van der Waals surface area contributed by atoms with E-state index in [0.29, 0.717) is 0 Å². The highest BCUT2D eigenvalue weighted by molar-refractivity contribution is 7.11. The van der Waals surface area contributed by atoms with E-state index in [-0.39, 0.29) is 6.04 Å². The topological polar surface area (TPSA) is 24.9 Å². The zero-order chi connectivity index (χ0) is 14.9. The normalized spacial score (nSPS) is 12.7. The lowest BCUT2D eigenvalue weighted by molar-refractivity contribution is 0.622. The van der Waals surface area contributed by atoms with Gasteiger partial charge in [0.1, 0.15) is 5.01 Å². The first-order valence-corrected chi connectivity index (χ1v) is 8.00. The molecule has 0 saturated heterocycles. The zero-order valence-electron chi connectivity index (χ0n) is 13.3. The molecule has 1 heterocycles. The number of nitrogens with one attached hydrogen (secondary N) is 1. The molecule has 0 radical (unpaired) electrons. The lowest BCUT2D eigenvalue weighted by Gasteiger charge is -2.20. The van der Waals surface area contributed by atoms with Crippen molar-refractivity contribution < 1.29 is 0 Å². The van der Waals surface area contributed by atoms with E-state index in [9.17, 15) is 0 Å². The van der Waals surface area contributed by atoms with Crippen LogP contribution in [-0.4, -0.2) is 11.5 Å². The Morgan fingerprint density at radius 2 is 1.70 bits per heavy atom. The van der Waals surface area contributed by atoms with Crippen LogP contribution < -0.4 is 5.32 Å². The SMILES string of the molecule is CCNC(c1nc(C)c(C)s1)c1cc(C)c(C)cc1C. The van der Waals surface area contributed by atoms with Gasteiger partial charge in [0.15, 0.2) is 0 Å². The quantitative estimate of drug-likeness (QED) is 0.903. The number of aryl methyl sites for hydroxylation is 5. The summed E-state index contributed by atoms with van der Waals surface area (Å²) in [6.45, 7) is 13.9. The van der Waals surface area contributed by atoms with Gasteiger partial charge in [0, 0.05) is 4.88 Å². The van der Waals surface area contributed by atoms with Gasteiger partial charge in [-0.05, 0) is 63.4 Å². The first-order valence-electron chi connectivity index (χ1n) is 7.19. The van der Waals surface area contributed by atoms with E-state index in [1.54, 1.807) is 11.3 Å². The molecule has 1 aromatic heterocycles. The highest BCUT2D eigenvalue weighted by Gasteiger charge is 2.20. The molecule has 0 amide bonds. The minimum absolute atomic E-state index is 0.205. The maximum Gasteiger partial charge on any atom is 0.115 e. The fourth-order valence-corrected chi connectivity index (χ4v) is 3.47. The summed E-state index contributed by atoms with van der Waals surface area (Å²) in [4.78, 5) is 6.06. The fourth-order valence-electron chi connectivity index (χ4n) is 2.45. The molecular weight excluding hydrogens is 264 g/mol. The largest absolute Gasteiger partial charge is 0.305 e. The van der Waals surface area contributed by atoms with Crippen LogP contribution in [0.15, 0.2) is 12.1 Å². The molecule has 2 nitrogen and oxygen atoms in total. The van der Waals surface area contributed by atoms with E-state index >= 15 is 0 Å². The average Bonchev–Trinajstić information content (AvgIpc) is 2.71. The summed E-state index contributed by atoms with van der Waals surface area (Å²) in [6.07, 6.45) is 0. The number of hydrogen-bond donors (Lipinski definition) is 1. The van der Waals surface area contributed by atoms with Crippen LogP contribution >= 0.6 is 11.3 Å². The van der Waals surface area contributed by atoms with Gasteiger partial charge in [0.05, 0.1) is 11.7 Å². The number of nitrogens with zero attached hydrogens (tertiary/aromatic N) is 1. The molecule has 0 aliphatic heterocycles. The van der Waals surface area contributed by atoms with Crippen LogP contribution in [0.1, 0.15) is 50.8 Å². The second kappa shape index (κ2) is 6.06. The summed E-state index contributed by atoms with van der Waals surface area (Å²) in [7, 11) is 0. The van der Waals surface area contributed by atoms with Crippen molar-refractivity contribution in [3.63, 3.8) is 0 Å². The van der Waals surface area contributed by atoms with Gasteiger partial charge >= 0.3 is 0 Å². The fraction of sp³-hybridized carbons (Fsp3) is 0.471. The van der Waals surface area contributed by atoms with Crippen molar-refractivity contribution in [2.75, 3.05) is 6.54 Å². The van der Waals surface area contributed by atoms with Crippen LogP contribution in [0.2, 0.25) is 0 Å². The summed E-state index contributed by atoms with van der Waals surface area (Å²) >= 11 is 1.80. The van der Waals surface area contributed by atoms with Gasteiger partial charge < -0.3 is 5.32 Å². The molecule has 108 valence electrons. The monoisotopic (exact) mass is 288 g/mol. The van der Waals surface area contributed by atoms with Gasteiger partial charge in [-0.3, -0.25) is 0 Å². The molecule has 1 N–H and O–H groups in total. The number of hydrogen-bond acceptors (Lipinski definition) is 3. The summed E-state index contributed by atoms with van der Waals surface area (Å²) < 4.78 is 0. The second-order valence-corrected chi connectivity index (χ2v) is 6.71. The highest BCUT2D eigenvalue weighted by Crippen LogP contribution is 2.31. The summed E-state index contributed by atoms with van der Waals surface area (Å²) in [5.41, 5.74) is 6.54. The van der Waals surface area contributed by atoms with E-state index in [2.05, 4.69) is 59.0 Å². The number of thiazole rings is 1. The van der Waals surface area contributed by atoms with Crippen molar-refractivity contribution in [3.8, 4) is 0 Å². The van der Waals surface area contributed by atoms with Crippen molar-refractivity contribution in [1.29, 1.82) is 0 Å². The Kier molecular flexibility index (Phi) is 4.61. The van der Waals surface area contributed by atoms with Gasteiger partial charge in [0.25, 0.3) is 0 Å². The Labute approximate surface area is 126 Å². The molecule has 3 heteroatoms. The summed E-state index contributed by atoms with van der Waals surface area (Å²) in [6, 6.07) is 4.79. The van der Waals surface area contributed by atoms with Crippen molar-refractivity contribution >= 4 is 11.3 Å². The summed E-state index contributed by atoms with van der Waals surface area (Å²) in [5.74, 6) is 0. The highest BCUT2D eigenvalue weighted by atomic mass is 32.1. The predicted octanol–water partition coefficient (Wildman–Crippen LogP) is 4.38. The second-order valence-electron chi connectivity index (χ2n) is 5.48. The standard InChI is InChI=1S/C17H24N2S/c1-7-18-16(17-19-13(5)14(6)20-17)15-9-11(3)10(2)8-12(15)4/h8-9,16,18H,7H2,1-6H3. The zero-order valence-corrected chi connectivity index (χ0v) is 14.1. The van der Waals surface area contributed by atoms with E-state index < -0.39 is 0 Å². The molecule has 1 atom stereocenters. The van der Waals surface area contributed by atoms with E-state index in [1.807, 2.05) is 0 Å². The summed E-state index contributed by atoms with van der Waals surface area (Å²) in [5, 5.41) is 4.77. The Morgan fingerprint density at radius 3 is 2.25 bits per heavy atom.